The molecule has 2 spiro atoms. The summed E-state index contributed by atoms with van der Waals surface area (Å²) in [5.74, 6) is -0.854. The SMILES string of the molecule is CCCCO[C@H]1[C@H]([C@@H]2COC3(CCCCC3)O2)O[C@H]2OC3(CCCCC3)O[C@@H]21. The number of fused-ring (bicyclic) bond motifs is 1. The minimum Gasteiger partial charge on any atom is -0.372 e. The molecule has 0 bridgehead atoms. The third kappa shape index (κ3) is 3.65. The van der Waals surface area contributed by atoms with Gasteiger partial charge in [-0.05, 0) is 32.1 Å². The molecule has 0 aromatic rings. The molecular weight excluding hydrogens is 360 g/mol. The van der Waals surface area contributed by atoms with Gasteiger partial charge in [0.05, 0.1) is 6.61 Å². The largest absolute Gasteiger partial charge is 0.372 e. The molecular formula is C22H36O6. The fraction of sp³-hybridized carbons (Fsp3) is 1.00. The third-order valence-electron chi connectivity index (χ3n) is 7.17. The molecule has 3 saturated heterocycles. The van der Waals surface area contributed by atoms with Crippen molar-refractivity contribution in [2.75, 3.05) is 13.2 Å². The van der Waals surface area contributed by atoms with Gasteiger partial charge >= 0.3 is 0 Å². The van der Waals surface area contributed by atoms with Crippen molar-refractivity contribution in [2.45, 2.75) is 126 Å². The first-order valence-corrected chi connectivity index (χ1v) is 11.7. The van der Waals surface area contributed by atoms with Crippen LogP contribution in [0.15, 0.2) is 0 Å². The van der Waals surface area contributed by atoms with Crippen molar-refractivity contribution in [3.8, 4) is 0 Å². The summed E-state index contributed by atoms with van der Waals surface area (Å²) in [4.78, 5) is 0. The first-order valence-electron chi connectivity index (χ1n) is 11.7. The topological polar surface area (TPSA) is 55.4 Å². The molecule has 0 N–H and O–H groups in total. The van der Waals surface area contributed by atoms with Gasteiger partial charge in [-0.3, -0.25) is 0 Å². The van der Waals surface area contributed by atoms with Crippen molar-refractivity contribution < 1.29 is 28.4 Å². The molecule has 2 saturated carbocycles. The quantitative estimate of drug-likeness (QED) is 0.654. The van der Waals surface area contributed by atoms with Gasteiger partial charge in [0.2, 0.25) is 0 Å². The normalized spacial score (nSPS) is 41.7. The third-order valence-corrected chi connectivity index (χ3v) is 7.17. The van der Waals surface area contributed by atoms with Crippen molar-refractivity contribution in [3.63, 3.8) is 0 Å². The Morgan fingerprint density at radius 1 is 0.821 bits per heavy atom. The van der Waals surface area contributed by atoms with E-state index in [9.17, 15) is 0 Å². The average Bonchev–Trinajstić information content (AvgIpc) is 3.36. The van der Waals surface area contributed by atoms with Crippen molar-refractivity contribution in [3.05, 3.63) is 0 Å². The summed E-state index contributed by atoms with van der Waals surface area (Å²) < 4.78 is 38.2. The Kier molecular flexibility index (Phi) is 5.72. The highest BCUT2D eigenvalue weighted by Gasteiger charge is 2.61. The van der Waals surface area contributed by atoms with Crippen molar-refractivity contribution in [2.24, 2.45) is 0 Å². The molecule has 0 aromatic heterocycles. The maximum atomic E-state index is 6.52. The summed E-state index contributed by atoms with van der Waals surface area (Å²) in [7, 11) is 0. The van der Waals surface area contributed by atoms with Crippen molar-refractivity contribution >= 4 is 0 Å². The molecule has 3 heterocycles. The number of rotatable bonds is 5. The zero-order valence-corrected chi connectivity index (χ0v) is 17.2. The average molecular weight is 397 g/mol. The minimum absolute atomic E-state index is 0.107. The highest BCUT2D eigenvalue weighted by molar-refractivity contribution is 5.01. The van der Waals surface area contributed by atoms with E-state index in [0.717, 1.165) is 58.0 Å². The fourth-order valence-corrected chi connectivity index (χ4v) is 5.63. The molecule has 0 radical (unpaired) electrons. The zero-order chi connectivity index (χ0) is 19.0. The van der Waals surface area contributed by atoms with Crippen LogP contribution < -0.4 is 0 Å². The van der Waals surface area contributed by atoms with E-state index in [4.69, 9.17) is 28.4 Å². The van der Waals surface area contributed by atoms with E-state index >= 15 is 0 Å². The Morgan fingerprint density at radius 2 is 1.54 bits per heavy atom. The van der Waals surface area contributed by atoms with Crippen LogP contribution in [-0.2, 0) is 28.4 Å². The predicted molar refractivity (Wildman–Crippen MR) is 102 cm³/mol. The number of hydrogen-bond acceptors (Lipinski definition) is 6. The van der Waals surface area contributed by atoms with E-state index in [0.29, 0.717) is 6.61 Å². The van der Waals surface area contributed by atoms with Crippen LogP contribution in [0.5, 0.6) is 0 Å². The predicted octanol–water partition coefficient (Wildman–Crippen LogP) is 4.05. The standard InChI is InChI=1S/C22H36O6/c1-2-3-14-23-18-17(16-15-24-21(26-16)10-6-4-7-11-21)25-20-19(18)27-22(28-20)12-8-5-9-13-22/h16-20H,2-15H2,1H3/t16-,17-,18-,19+,20-/m0/s1. The van der Waals surface area contributed by atoms with Crippen LogP contribution in [0.2, 0.25) is 0 Å². The molecule has 5 aliphatic rings. The van der Waals surface area contributed by atoms with Crippen LogP contribution in [0.4, 0.5) is 0 Å². The lowest BCUT2D eigenvalue weighted by Crippen LogP contribution is -2.46. The number of unbranched alkanes of at least 4 members (excludes halogenated alkanes) is 1. The summed E-state index contributed by atoms with van der Waals surface area (Å²) >= 11 is 0. The summed E-state index contributed by atoms with van der Waals surface area (Å²) in [5.41, 5.74) is 0. The molecule has 6 heteroatoms. The molecule has 2 aliphatic carbocycles. The Labute approximate surface area is 168 Å². The second-order valence-corrected chi connectivity index (χ2v) is 9.27. The lowest BCUT2D eigenvalue weighted by molar-refractivity contribution is -0.262. The smallest absolute Gasteiger partial charge is 0.190 e. The maximum Gasteiger partial charge on any atom is 0.190 e. The Morgan fingerprint density at radius 3 is 2.25 bits per heavy atom. The second-order valence-electron chi connectivity index (χ2n) is 9.27. The first-order chi connectivity index (χ1) is 13.7. The van der Waals surface area contributed by atoms with Gasteiger partial charge < -0.3 is 28.4 Å². The van der Waals surface area contributed by atoms with Crippen LogP contribution >= 0.6 is 0 Å². The molecule has 3 aliphatic heterocycles. The zero-order valence-electron chi connectivity index (χ0n) is 17.2. The van der Waals surface area contributed by atoms with Crippen LogP contribution in [-0.4, -0.2) is 55.5 Å². The Bertz CT molecular complexity index is 527. The lowest BCUT2D eigenvalue weighted by atomic mass is 9.94. The molecule has 0 amide bonds. The Hall–Kier alpha value is -0.240. The van der Waals surface area contributed by atoms with E-state index in [1.807, 2.05) is 0 Å². The molecule has 28 heavy (non-hydrogen) atoms. The lowest BCUT2D eigenvalue weighted by Gasteiger charge is -2.35. The van der Waals surface area contributed by atoms with Crippen LogP contribution in [0, 0.1) is 0 Å². The van der Waals surface area contributed by atoms with Gasteiger partial charge in [-0.25, -0.2) is 0 Å². The highest BCUT2D eigenvalue weighted by atomic mass is 16.9. The van der Waals surface area contributed by atoms with E-state index in [1.165, 1.54) is 25.7 Å². The van der Waals surface area contributed by atoms with E-state index in [1.54, 1.807) is 0 Å². The van der Waals surface area contributed by atoms with E-state index in [2.05, 4.69) is 6.92 Å². The van der Waals surface area contributed by atoms with Crippen molar-refractivity contribution in [1.29, 1.82) is 0 Å². The van der Waals surface area contributed by atoms with E-state index < -0.39 is 11.6 Å². The van der Waals surface area contributed by atoms with Crippen LogP contribution in [0.1, 0.15) is 84.0 Å². The summed E-state index contributed by atoms with van der Waals surface area (Å²) in [6.45, 7) is 3.48. The first kappa shape index (κ1) is 19.7. The van der Waals surface area contributed by atoms with Gasteiger partial charge in [0, 0.05) is 32.3 Å². The molecule has 160 valence electrons. The molecule has 0 unspecified atom stereocenters. The van der Waals surface area contributed by atoms with Crippen LogP contribution in [0.3, 0.4) is 0 Å². The summed E-state index contributed by atoms with van der Waals surface area (Å²) in [6.07, 6.45) is 12.3. The van der Waals surface area contributed by atoms with Gasteiger partial charge in [-0.15, -0.1) is 0 Å². The van der Waals surface area contributed by atoms with Crippen LogP contribution in [0.25, 0.3) is 0 Å². The fourth-order valence-electron chi connectivity index (χ4n) is 5.63. The highest BCUT2D eigenvalue weighted by Crippen LogP contribution is 2.48. The monoisotopic (exact) mass is 396 g/mol. The summed E-state index contributed by atoms with van der Waals surface area (Å²) in [6, 6.07) is 0. The van der Waals surface area contributed by atoms with E-state index in [-0.39, 0.29) is 30.7 Å². The maximum absolute atomic E-state index is 6.52. The number of hydrogen-bond donors (Lipinski definition) is 0. The van der Waals surface area contributed by atoms with Gasteiger partial charge in [-0.1, -0.05) is 26.2 Å². The molecule has 6 nitrogen and oxygen atoms in total. The molecule has 0 aromatic carbocycles. The molecule has 5 fully saturated rings. The number of ether oxygens (including phenoxy) is 6. The van der Waals surface area contributed by atoms with Gasteiger partial charge in [0.15, 0.2) is 17.9 Å². The van der Waals surface area contributed by atoms with Crippen molar-refractivity contribution in [1.82, 2.24) is 0 Å². The summed E-state index contributed by atoms with van der Waals surface area (Å²) in [5, 5.41) is 0. The molecule has 5 rings (SSSR count). The Balaban J connectivity index is 1.28. The van der Waals surface area contributed by atoms with Gasteiger partial charge in [-0.2, -0.15) is 0 Å². The van der Waals surface area contributed by atoms with Gasteiger partial charge in [0.1, 0.15) is 24.4 Å². The molecule has 5 atom stereocenters. The second kappa shape index (κ2) is 8.12. The van der Waals surface area contributed by atoms with Gasteiger partial charge in [0.25, 0.3) is 0 Å². The minimum atomic E-state index is -0.456.